The summed E-state index contributed by atoms with van der Waals surface area (Å²) in [6.45, 7) is 10.4. The number of pyridine rings is 1. The molecule has 4 nitrogen and oxygen atoms in total. The van der Waals surface area contributed by atoms with Crippen LogP contribution in [0, 0.1) is 6.92 Å². The van der Waals surface area contributed by atoms with Crippen LogP contribution in [0.1, 0.15) is 85.4 Å². The lowest BCUT2D eigenvalue weighted by molar-refractivity contribution is 0.102. The van der Waals surface area contributed by atoms with Gasteiger partial charge in [-0.25, -0.2) is 0 Å². The third-order valence-corrected chi connectivity index (χ3v) is 6.77. The molecule has 2 rings (SSSR count). The minimum atomic E-state index is -0.310. The summed E-state index contributed by atoms with van der Waals surface area (Å²) in [6.07, 6.45) is 6.42. The molecule has 0 atom stereocenters. The quantitative estimate of drug-likeness (QED) is 0.475. The van der Waals surface area contributed by atoms with E-state index < -0.39 is 0 Å². The van der Waals surface area contributed by atoms with Gasteiger partial charge in [-0.05, 0) is 71.6 Å². The normalized spacial score (nSPS) is 11.0. The Kier molecular flexibility index (Phi) is 8.90. The SMILES string of the molecule is CCCCc1c(C(=O)Nc2c(CC)cc(CCC)cc2CC)c(=O)c(Br)c(C)n1C. The van der Waals surface area contributed by atoms with Crippen molar-refractivity contribution < 1.29 is 4.79 Å². The van der Waals surface area contributed by atoms with Crippen LogP contribution < -0.4 is 10.7 Å². The monoisotopic (exact) mass is 474 g/mol. The molecule has 1 aromatic heterocycles. The first-order valence-electron chi connectivity index (χ1n) is 11.1. The van der Waals surface area contributed by atoms with E-state index in [9.17, 15) is 9.59 Å². The zero-order valence-electron chi connectivity index (χ0n) is 19.2. The number of aryl methyl sites for hydroxylation is 3. The number of aromatic nitrogens is 1. The average Bonchev–Trinajstić information content (AvgIpc) is 2.74. The number of rotatable bonds is 9. The van der Waals surface area contributed by atoms with Gasteiger partial charge in [0.1, 0.15) is 5.56 Å². The van der Waals surface area contributed by atoms with Crippen molar-refractivity contribution in [2.24, 2.45) is 7.05 Å². The lowest BCUT2D eigenvalue weighted by atomic mass is 9.96. The van der Waals surface area contributed by atoms with E-state index in [0.29, 0.717) is 10.9 Å². The molecule has 5 heteroatoms. The van der Waals surface area contributed by atoms with Gasteiger partial charge in [-0.15, -0.1) is 0 Å². The maximum atomic E-state index is 13.4. The largest absolute Gasteiger partial charge is 0.350 e. The number of carbonyl (C=O) groups is 1. The molecule has 1 heterocycles. The van der Waals surface area contributed by atoms with Gasteiger partial charge in [0.05, 0.1) is 4.47 Å². The molecule has 1 amide bonds. The molecule has 0 radical (unpaired) electrons. The Morgan fingerprint density at radius 2 is 1.63 bits per heavy atom. The van der Waals surface area contributed by atoms with Crippen LogP contribution in [0.15, 0.2) is 21.4 Å². The molecule has 0 aliphatic rings. The molecule has 0 fully saturated rings. The summed E-state index contributed by atoms with van der Waals surface area (Å²) in [4.78, 5) is 26.5. The number of hydrogen-bond acceptors (Lipinski definition) is 2. The van der Waals surface area contributed by atoms with Crippen molar-refractivity contribution in [3.8, 4) is 0 Å². The van der Waals surface area contributed by atoms with Crippen LogP contribution in [0.5, 0.6) is 0 Å². The molecule has 0 aliphatic heterocycles. The smallest absolute Gasteiger partial charge is 0.261 e. The Bertz CT molecular complexity index is 951. The number of nitrogens with one attached hydrogen (secondary N) is 1. The molecular formula is C25H35BrN2O2. The number of benzene rings is 1. The molecule has 0 saturated carbocycles. The molecule has 0 unspecified atom stereocenters. The maximum absolute atomic E-state index is 13.4. The molecule has 2 aromatic rings. The van der Waals surface area contributed by atoms with Gasteiger partial charge >= 0.3 is 0 Å². The number of amides is 1. The lowest BCUT2D eigenvalue weighted by Crippen LogP contribution is -2.29. The van der Waals surface area contributed by atoms with Gasteiger partial charge in [-0.3, -0.25) is 9.59 Å². The molecule has 1 aromatic carbocycles. The average molecular weight is 475 g/mol. The summed E-state index contributed by atoms with van der Waals surface area (Å²) >= 11 is 3.41. The minimum absolute atomic E-state index is 0.229. The van der Waals surface area contributed by atoms with E-state index in [-0.39, 0.29) is 16.9 Å². The van der Waals surface area contributed by atoms with Crippen molar-refractivity contribution in [2.75, 3.05) is 5.32 Å². The van der Waals surface area contributed by atoms with Crippen molar-refractivity contribution in [2.45, 2.75) is 79.6 Å². The van der Waals surface area contributed by atoms with E-state index in [2.05, 4.69) is 61.1 Å². The third-order valence-electron chi connectivity index (χ3n) is 5.84. The van der Waals surface area contributed by atoms with Crippen LogP contribution in [0.4, 0.5) is 5.69 Å². The number of hydrogen-bond donors (Lipinski definition) is 1. The molecule has 0 spiro atoms. The summed E-state index contributed by atoms with van der Waals surface area (Å²) in [7, 11) is 1.93. The lowest BCUT2D eigenvalue weighted by Gasteiger charge is -2.20. The first kappa shape index (κ1) is 24.4. The van der Waals surface area contributed by atoms with Crippen molar-refractivity contribution >= 4 is 27.5 Å². The standard InChI is InChI=1S/C25H35BrN2O2/c1-7-11-13-20-21(24(29)22(26)16(5)28(20)6)25(30)27-23-18(9-3)14-17(12-8-2)15-19(23)10-4/h14-15H,7-13H2,1-6H3,(H,27,30). The summed E-state index contributed by atoms with van der Waals surface area (Å²) in [5.41, 5.74) is 6.10. The van der Waals surface area contributed by atoms with Crippen LogP contribution in [-0.2, 0) is 32.7 Å². The fraction of sp³-hybridized carbons (Fsp3) is 0.520. The zero-order chi connectivity index (χ0) is 22.4. The summed E-state index contributed by atoms with van der Waals surface area (Å²) in [5, 5.41) is 3.13. The van der Waals surface area contributed by atoms with Crippen molar-refractivity contribution in [3.05, 3.63) is 60.5 Å². The minimum Gasteiger partial charge on any atom is -0.350 e. The fourth-order valence-electron chi connectivity index (χ4n) is 3.96. The zero-order valence-corrected chi connectivity index (χ0v) is 20.8. The van der Waals surface area contributed by atoms with Gasteiger partial charge in [0.15, 0.2) is 0 Å². The predicted molar refractivity (Wildman–Crippen MR) is 130 cm³/mol. The second-order valence-corrected chi connectivity index (χ2v) is 8.71. The highest BCUT2D eigenvalue weighted by Crippen LogP contribution is 2.27. The molecule has 0 saturated heterocycles. The van der Waals surface area contributed by atoms with Crippen LogP contribution in [-0.4, -0.2) is 10.5 Å². The van der Waals surface area contributed by atoms with E-state index in [1.807, 2.05) is 18.5 Å². The Morgan fingerprint density at radius 3 is 2.13 bits per heavy atom. The van der Waals surface area contributed by atoms with Crippen molar-refractivity contribution in [3.63, 3.8) is 0 Å². The number of nitrogens with zero attached hydrogens (tertiary/aromatic N) is 1. The first-order chi connectivity index (χ1) is 14.3. The van der Waals surface area contributed by atoms with Gasteiger partial charge < -0.3 is 9.88 Å². The van der Waals surface area contributed by atoms with Gasteiger partial charge in [0.25, 0.3) is 5.91 Å². The van der Waals surface area contributed by atoms with Crippen LogP contribution in [0.2, 0.25) is 0 Å². The third kappa shape index (κ3) is 5.05. The second-order valence-electron chi connectivity index (χ2n) is 7.91. The Balaban J connectivity index is 2.59. The Labute approximate surface area is 189 Å². The molecular weight excluding hydrogens is 440 g/mol. The summed E-state index contributed by atoms with van der Waals surface area (Å²) in [5.74, 6) is -0.310. The topological polar surface area (TPSA) is 51.1 Å². The van der Waals surface area contributed by atoms with Crippen molar-refractivity contribution in [1.29, 1.82) is 0 Å². The van der Waals surface area contributed by atoms with Gasteiger partial charge in [-0.2, -0.15) is 0 Å². The second kappa shape index (κ2) is 10.9. The van der Waals surface area contributed by atoms with Crippen LogP contribution in [0.3, 0.4) is 0 Å². The Hall–Kier alpha value is -1.88. The molecule has 164 valence electrons. The first-order valence-corrected chi connectivity index (χ1v) is 11.9. The molecule has 0 aliphatic carbocycles. The highest BCUT2D eigenvalue weighted by molar-refractivity contribution is 9.10. The summed E-state index contributed by atoms with van der Waals surface area (Å²) in [6, 6.07) is 4.39. The predicted octanol–water partition coefficient (Wildman–Crippen LogP) is 6.13. The van der Waals surface area contributed by atoms with E-state index in [1.54, 1.807) is 0 Å². The number of halogens is 1. The van der Waals surface area contributed by atoms with E-state index >= 15 is 0 Å². The van der Waals surface area contributed by atoms with Gasteiger partial charge in [0, 0.05) is 24.1 Å². The fourth-order valence-corrected chi connectivity index (χ4v) is 4.42. The van der Waals surface area contributed by atoms with Gasteiger partial charge in [0.2, 0.25) is 5.43 Å². The number of carbonyl (C=O) groups excluding carboxylic acids is 1. The maximum Gasteiger partial charge on any atom is 0.261 e. The van der Waals surface area contributed by atoms with E-state index in [4.69, 9.17) is 0 Å². The number of unbranched alkanes of at least 4 members (excludes halogenated alkanes) is 1. The highest BCUT2D eigenvalue weighted by atomic mass is 79.9. The van der Waals surface area contributed by atoms with Crippen LogP contribution >= 0.6 is 15.9 Å². The van der Waals surface area contributed by atoms with E-state index in [0.717, 1.165) is 66.7 Å². The summed E-state index contributed by atoms with van der Waals surface area (Å²) < 4.78 is 2.43. The highest BCUT2D eigenvalue weighted by Gasteiger charge is 2.23. The molecule has 1 N–H and O–H groups in total. The number of anilines is 1. The Morgan fingerprint density at radius 1 is 1.03 bits per heavy atom. The van der Waals surface area contributed by atoms with Gasteiger partial charge in [-0.1, -0.05) is 52.7 Å². The van der Waals surface area contributed by atoms with E-state index in [1.165, 1.54) is 5.56 Å². The molecule has 0 bridgehead atoms. The van der Waals surface area contributed by atoms with Crippen LogP contribution in [0.25, 0.3) is 0 Å². The van der Waals surface area contributed by atoms with Crippen molar-refractivity contribution in [1.82, 2.24) is 4.57 Å². The molecule has 30 heavy (non-hydrogen) atoms.